The van der Waals surface area contributed by atoms with Crippen LogP contribution in [0.4, 0.5) is 0 Å². The van der Waals surface area contributed by atoms with Gasteiger partial charge in [0.05, 0.1) is 18.6 Å². The smallest absolute Gasteiger partial charge is 0.312 e. The molecule has 1 atom stereocenters. The first-order valence-corrected chi connectivity index (χ1v) is 5.92. The number of hydrogen-bond acceptors (Lipinski definition) is 5. The fourth-order valence-electron chi connectivity index (χ4n) is 1.83. The molecule has 0 radical (unpaired) electrons. The third kappa shape index (κ3) is 3.07. The zero-order chi connectivity index (χ0) is 13.9. The molecule has 0 aromatic rings. The van der Waals surface area contributed by atoms with Gasteiger partial charge in [0, 0.05) is 20.0 Å². The number of carbonyl (C=O) groups excluding carboxylic acids is 3. The Kier molecular flexibility index (Phi) is 4.45. The van der Waals surface area contributed by atoms with Crippen molar-refractivity contribution in [2.75, 3.05) is 20.7 Å². The van der Waals surface area contributed by atoms with E-state index in [-0.39, 0.29) is 17.8 Å². The summed E-state index contributed by atoms with van der Waals surface area (Å²) in [6.07, 6.45) is 0.817. The van der Waals surface area contributed by atoms with Gasteiger partial charge < -0.3 is 10.1 Å². The summed E-state index contributed by atoms with van der Waals surface area (Å²) in [6.45, 7) is 3.82. The van der Waals surface area contributed by atoms with Crippen LogP contribution in [0.5, 0.6) is 0 Å². The van der Waals surface area contributed by atoms with Crippen LogP contribution < -0.4 is 5.32 Å². The number of nitrogens with one attached hydrogen (secondary N) is 1. The molecule has 0 bridgehead atoms. The van der Waals surface area contributed by atoms with Gasteiger partial charge >= 0.3 is 5.97 Å². The molecule has 2 amide bonds. The van der Waals surface area contributed by atoms with Crippen LogP contribution in [0.15, 0.2) is 0 Å². The minimum atomic E-state index is -0.699. The highest BCUT2D eigenvalue weighted by Gasteiger charge is 2.34. The number of ether oxygens (including phenoxy) is 1. The molecule has 1 saturated heterocycles. The minimum absolute atomic E-state index is 0.162. The van der Waals surface area contributed by atoms with E-state index in [4.69, 9.17) is 4.74 Å². The highest BCUT2D eigenvalue weighted by atomic mass is 16.5. The van der Waals surface area contributed by atoms with E-state index >= 15 is 0 Å². The Morgan fingerprint density at radius 1 is 1.50 bits per heavy atom. The molecular formula is C12H20N2O4. The lowest BCUT2D eigenvalue weighted by Gasteiger charge is -2.31. The second-order valence-corrected chi connectivity index (χ2v) is 5.14. The van der Waals surface area contributed by atoms with Crippen molar-refractivity contribution >= 4 is 17.8 Å². The number of imide groups is 1. The Labute approximate surface area is 107 Å². The van der Waals surface area contributed by atoms with Gasteiger partial charge in [-0.25, -0.2) is 0 Å². The summed E-state index contributed by atoms with van der Waals surface area (Å²) >= 11 is 0. The van der Waals surface area contributed by atoms with Crippen molar-refractivity contribution in [3.8, 4) is 0 Å². The zero-order valence-corrected chi connectivity index (χ0v) is 11.3. The molecular weight excluding hydrogens is 236 g/mol. The van der Waals surface area contributed by atoms with E-state index in [1.807, 2.05) is 0 Å². The molecule has 18 heavy (non-hydrogen) atoms. The number of likely N-dealkylation sites (N-methyl/N-ethyl adjacent to an activating group) is 1. The number of amides is 2. The fraction of sp³-hybridized carbons (Fsp3) is 0.750. The average Bonchev–Trinajstić information content (AvgIpc) is 2.34. The van der Waals surface area contributed by atoms with Crippen molar-refractivity contribution in [3.63, 3.8) is 0 Å². The van der Waals surface area contributed by atoms with Gasteiger partial charge in [-0.05, 0) is 20.3 Å². The molecule has 6 heteroatoms. The van der Waals surface area contributed by atoms with Crippen LogP contribution >= 0.6 is 0 Å². The number of piperidine rings is 1. The predicted octanol–water partition coefficient (Wildman–Crippen LogP) is -0.0774. The predicted molar refractivity (Wildman–Crippen MR) is 64.6 cm³/mol. The van der Waals surface area contributed by atoms with E-state index in [0.717, 1.165) is 4.90 Å². The van der Waals surface area contributed by atoms with Gasteiger partial charge in [0.15, 0.2) is 0 Å². The first kappa shape index (κ1) is 14.6. The maximum Gasteiger partial charge on any atom is 0.312 e. The lowest BCUT2D eigenvalue weighted by atomic mass is 9.92. The third-order valence-corrected chi connectivity index (χ3v) is 3.18. The van der Waals surface area contributed by atoms with Crippen LogP contribution in [-0.4, -0.2) is 49.4 Å². The number of likely N-dealkylation sites (tertiary alicyclic amines) is 1. The van der Waals surface area contributed by atoms with Crippen LogP contribution in [0.2, 0.25) is 0 Å². The summed E-state index contributed by atoms with van der Waals surface area (Å²) in [5, 5.41) is 3.03. The normalized spacial score (nSPS) is 21.1. The molecule has 102 valence electrons. The summed E-state index contributed by atoms with van der Waals surface area (Å²) in [7, 11) is 2.81. The fourth-order valence-corrected chi connectivity index (χ4v) is 1.83. The standard InChI is InChI=1S/C12H20N2O4/c1-12(2,11(17)18-4)7-13-8-5-6-9(15)14(3)10(8)16/h8,13H,5-7H2,1-4H3. The lowest BCUT2D eigenvalue weighted by molar-refractivity contribution is -0.152. The maximum absolute atomic E-state index is 11.8. The van der Waals surface area contributed by atoms with Gasteiger partial charge in [-0.15, -0.1) is 0 Å². The molecule has 0 aromatic carbocycles. The maximum atomic E-state index is 11.8. The van der Waals surface area contributed by atoms with E-state index in [2.05, 4.69) is 5.32 Å². The molecule has 1 fully saturated rings. The molecule has 1 aliphatic heterocycles. The average molecular weight is 256 g/mol. The number of rotatable bonds is 4. The molecule has 0 spiro atoms. The van der Waals surface area contributed by atoms with Crippen molar-refractivity contribution in [2.45, 2.75) is 32.7 Å². The van der Waals surface area contributed by atoms with Crippen LogP contribution in [0.1, 0.15) is 26.7 Å². The van der Waals surface area contributed by atoms with Crippen LogP contribution in [0.3, 0.4) is 0 Å². The monoisotopic (exact) mass is 256 g/mol. The van der Waals surface area contributed by atoms with Crippen molar-refractivity contribution in [2.24, 2.45) is 5.41 Å². The third-order valence-electron chi connectivity index (χ3n) is 3.18. The molecule has 6 nitrogen and oxygen atoms in total. The van der Waals surface area contributed by atoms with Gasteiger partial charge in [0.1, 0.15) is 0 Å². The molecule has 0 aliphatic carbocycles. The van der Waals surface area contributed by atoms with E-state index in [1.54, 1.807) is 13.8 Å². The van der Waals surface area contributed by atoms with Gasteiger partial charge in [-0.2, -0.15) is 0 Å². The molecule has 0 aromatic heterocycles. The molecule has 1 unspecified atom stereocenters. The summed E-state index contributed by atoms with van der Waals surface area (Å²) in [5.41, 5.74) is -0.699. The number of methoxy groups -OCH3 is 1. The molecule has 1 aliphatic rings. The Morgan fingerprint density at radius 2 is 2.11 bits per heavy atom. The van der Waals surface area contributed by atoms with Crippen LogP contribution in [-0.2, 0) is 19.1 Å². The second-order valence-electron chi connectivity index (χ2n) is 5.14. The zero-order valence-electron chi connectivity index (χ0n) is 11.3. The largest absolute Gasteiger partial charge is 0.469 e. The van der Waals surface area contributed by atoms with Gasteiger partial charge in [0.25, 0.3) is 0 Å². The summed E-state index contributed by atoms with van der Waals surface area (Å²) in [5.74, 6) is -0.736. The van der Waals surface area contributed by atoms with Crippen molar-refractivity contribution in [1.82, 2.24) is 10.2 Å². The van der Waals surface area contributed by atoms with Gasteiger partial charge in [-0.1, -0.05) is 0 Å². The first-order valence-electron chi connectivity index (χ1n) is 5.92. The molecule has 1 heterocycles. The number of esters is 1. The summed E-state index contributed by atoms with van der Waals surface area (Å²) < 4.78 is 4.69. The van der Waals surface area contributed by atoms with Crippen LogP contribution in [0.25, 0.3) is 0 Å². The molecule has 1 rings (SSSR count). The van der Waals surface area contributed by atoms with E-state index < -0.39 is 11.5 Å². The van der Waals surface area contributed by atoms with Gasteiger partial charge in [0.2, 0.25) is 11.8 Å². The second kappa shape index (κ2) is 5.48. The number of hydrogen-bond donors (Lipinski definition) is 1. The molecule has 1 N–H and O–H groups in total. The molecule has 0 saturated carbocycles. The quantitative estimate of drug-likeness (QED) is 0.562. The summed E-state index contributed by atoms with van der Waals surface area (Å²) in [6, 6.07) is -0.406. The van der Waals surface area contributed by atoms with E-state index in [0.29, 0.717) is 19.4 Å². The van der Waals surface area contributed by atoms with Gasteiger partial charge in [-0.3, -0.25) is 19.3 Å². The first-order chi connectivity index (χ1) is 8.29. The van der Waals surface area contributed by atoms with Crippen molar-refractivity contribution in [1.29, 1.82) is 0 Å². The summed E-state index contributed by atoms with van der Waals surface area (Å²) in [4.78, 5) is 35.8. The Bertz CT molecular complexity index is 365. The van der Waals surface area contributed by atoms with Crippen molar-refractivity contribution < 1.29 is 19.1 Å². The highest BCUT2D eigenvalue weighted by Crippen LogP contribution is 2.18. The Morgan fingerprint density at radius 3 is 2.67 bits per heavy atom. The lowest BCUT2D eigenvalue weighted by Crippen LogP contribution is -2.53. The Balaban J connectivity index is 2.56. The SMILES string of the molecule is COC(=O)C(C)(C)CNC1CCC(=O)N(C)C1=O. The number of nitrogens with zero attached hydrogens (tertiary/aromatic N) is 1. The van der Waals surface area contributed by atoms with E-state index in [9.17, 15) is 14.4 Å². The number of carbonyl (C=O) groups is 3. The van der Waals surface area contributed by atoms with Crippen molar-refractivity contribution in [3.05, 3.63) is 0 Å². The van der Waals surface area contributed by atoms with Crippen LogP contribution in [0, 0.1) is 5.41 Å². The Hall–Kier alpha value is -1.43. The highest BCUT2D eigenvalue weighted by molar-refractivity contribution is 6.00. The minimum Gasteiger partial charge on any atom is -0.469 e. The topological polar surface area (TPSA) is 75.7 Å². The van der Waals surface area contributed by atoms with E-state index in [1.165, 1.54) is 14.2 Å².